The van der Waals surface area contributed by atoms with E-state index in [1.54, 1.807) is 0 Å². The standard InChI is InChI=1S/C14H20N2O5/c1-16(14(13(18)19)6-4-3-5-7-14)12(17)11-8-10(9-20-2)21-15-11/h8H,3-7,9H2,1-2H3,(H,18,19). The fourth-order valence-corrected chi connectivity index (χ4v) is 2.82. The normalized spacial score (nSPS) is 17.4. The van der Waals surface area contributed by atoms with Crippen molar-refractivity contribution in [2.75, 3.05) is 14.2 Å². The molecule has 0 radical (unpaired) electrons. The summed E-state index contributed by atoms with van der Waals surface area (Å²) in [4.78, 5) is 25.5. The van der Waals surface area contributed by atoms with Crippen molar-refractivity contribution in [2.45, 2.75) is 44.2 Å². The van der Waals surface area contributed by atoms with Crippen molar-refractivity contribution in [3.8, 4) is 0 Å². The van der Waals surface area contributed by atoms with Crippen molar-refractivity contribution < 1.29 is 24.0 Å². The van der Waals surface area contributed by atoms with E-state index < -0.39 is 17.4 Å². The zero-order valence-corrected chi connectivity index (χ0v) is 12.3. The largest absolute Gasteiger partial charge is 0.479 e. The molecule has 1 aliphatic carbocycles. The summed E-state index contributed by atoms with van der Waals surface area (Å²) in [6, 6.07) is 1.49. The van der Waals surface area contributed by atoms with Gasteiger partial charge in [0.15, 0.2) is 11.5 Å². The quantitative estimate of drug-likeness (QED) is 0.888. The van der Waals surface area contributed by atoms with Gasteiger partial charge in [0.1, 0.15) is 12.1 Å². The molecule has 1 aromatic heterocycles. The Kier molecular flexibility index (Phi) is 4.62. The van der Waals surface area contributed by atoms with Gasteiger partial charge in [0.05, 0.1) is 0 Å². The van der Waals surface area contributed by atoms with Crippen LogP contribution in [-0.2, 0) is 16.1 Å². The highest BCUT2D eigenvalue weighted by Gasteiger charge is 2.46. The Morgan fingerprint density at radius 1 is 1.43 bits per heavy atom. The predicted octanol–water partition coefficient (Wildman–Crippen LogP) is 1.68. The van der Waals surface area contributed by atoms with Gasteiger partial charge in [-0.25, -0.2) is 4.79 Å². The van der Waals surface area contributed by atoms with Gasteiger partial charge in [0.25, 0.3) is 5.91 Å². The van der Waals surface area contributed by atoms with Gasteiger partial charge in [-0.3, -0.25) is 4.79 Å². The maximum atomic E-state index is 12.5. The number of amides is 1. The number of aromatic nitrogens is 1. The van der Waals surface area contributed by atoms with Gasteiger partial charge in [-0.1, -0.05) is 24.4 Å². The summed E-state index contributed by atoms with van der Waals surface area (Å²) in [5.41, 5.74) is -1.04. The highest BCUT2D eigenvalue weighted by atomic mass is 16.5. The molecule has 116 valence electrons. The van der Waals surface area contributed by atoms with Gasteiger partial charge in [-0.15, -0.1) is 0 Å². The third-order valence-electron chi connectivity index (χ3n) is 4.09. The zero-order valence-electron chi connectivity index (χ0n) is 12.3. The topological polar surface area (TPSA) is 92.9 Å². The second-order valence-corrected chi connectivity index (χ2v) is 5.37. The second kappa shape index (κ2) is 6.26. The first-order valence-corrected chi connectivity index (χ1v) is 6.97. The van der Waals surface area contributed by atoms with E-state index in [-0.39, 0.29) is 12.3 Å². The monoisotopic (exact) mass is 296 g/mol. The Morgan fingerprint density at radius 3 is 2.67 bits per heavy atom. The first kappa shape index (κ1) is 15.5. The fourth-order valence-electron chi connectivity index (χ4n) is 2.82. The van der Waals surface area contributed by atoms with Crippen LogP contribution in [0, 0.1) is 0 Å². The van der Waals surface area contributed by atoms with Crippen LogP contribution in [0.3, 0.4) is 0 Å². The predicted molar refractivity (Wildman–Crippen MR) is 72.8 cm³/mol. The molecule has 1 fully saturated rings. The Morgan fingerprint density at radius 2 is 2.10 bits per heavy atom. The van der Waals surface area contributed by atoms with E-state index in [0.717, 1.165) is 19.3 Å². The van der Waals surface area contributed by atoms with Crippen molar-refractivity contribution in [1.82, 2.24) is 10.1 Å². The fraction of sp³-hybridized carbons (Fsp3) is 0.643. The number of likely N-dealkylation sites (N-methyl/N-ethyl adjacent to an activating group) is 1. The van der Waals surface area contributed by atoms with Gasteiger partial charge in [-0.2, -0.15) is 0 Å². The number of nitrogens with zero attached hydrogens (tertiary/aromatic N) is 2. The molecule has 0 bridgehead atoms. The minimum absolute atomic E-state index is 0.107. The van der Waals surface area contributed by atoms with Crippen molar-refractivity contribution >= 4 is 11.9 Å². The highest BCUT2D eigenvalue weighted by molar-refractivity contribution is 5.96. The van der Waals surface area contributed by atoms with Crippen LogP contribution in [0.2, 0.25) is 0 Å². The molecule has 1 aromatic rings. The Labute approximate surface area is 122 Å². The van der Waals surface area contributed by atoms with E-state index in [4.69, 9.17) is 9.26 Å². The number of aliphatic carboxylic acids is 1. The summed E-state index contributed by atoms with van der Waals surface area (Å²) in [5, 5.41) is 13.3. The van der Waals surface area contributed by atoms with Crippen molar-refractivity contribution in [3.63, 3.8) is 0 Å². The van der Waals surface area contributed by atoms with Crippen molar-refractivity contribution in [2.24, 2.45) is 0 Å². The van der Waals surface area contributed by atoms with E-state index >= 15 is 0 Å². The molecule has 2 rings (SSSR count). The third-order valence-corrected chi connectivity index (χ3v) is 4.09. The number of carbonyl (C=O) groups is 2. The molecule has 1 N–H and O–H groups in total. The number of hydrogen-bond donors (Lipinski definition) is 1. The number of carboxylic acid groups (broad SMARTS) is 1. The SMILES string of the molecule is COCc1cc(C(=O)N(C)C2(C(=O)O)CCCCC2)no1. The average molecular weight is 296 g/mol. The maximum Gasteiger partial charge on any atom is 0.329 e. The van der Waals surface area contributed by atoms with Crippen LogP contribution in [0.15, 0.2) is 10.6 Å². The molecule has 21 heavy (non-hydrogen) atoms. The summed E-state index contributed by atoms with van der Waals surface area (Å²) in [7, 11) is 3.03. The molecular weight excluding hydrogens is 276 g/mol. The van der Waals surface area contributed by atoms with Crippen LogP contribution in [0.5, 0.6) is 0 Å². The summed E-state index contributed by atoms with van der Waals surface area (Å²) in [5.74, 6) is -0.966. The lowest BCUT2D eigenvalue weighted by Crippen LogP contribution is -2.56. The van der Waals surface area contributed by atoms with Crippen LogP contribution in [-0.4, -0.2) is 46.7 Å². The summed E-state index contributed by atoms with van der Waals surface area (Å²) < 4.78 is 9.89. The highest BCUT2D eigenvalue weighted by Crippen LogP contribution is 2.34. The lowest BCUT2D eigenvalue weighted by Gasteiger charge is -2.40. The number of carboxylic acids is 1. The van der Waals surface area contributed by atoms with Crippen LogP contribution in [0.25, 0.3) is 0 Å². The number of ether oxygens (including phenoxy) is 1. The van der Waals surface area contributed by atoms with Gasteiger partial charge in [-0.05, 0) is 12.8 Å². The van der Waals surface area contributed by atoms with E-state index in [0.29, 0.717) is 18.6 Å². The third kappa shape index (κ3) is 2.92. The first-order chi connectivity index (χ1) is 10.0. The molecule has 1 amide bonds. The van der Waals surface area contributed by atoms with E-state index in [2.05, 4.69) is 5.16 Å². The molecule has 7 nitrogen and oxygen atoms in total. The molecule has 1 saturated carbocycles. The maximum absolute atomic E-state index is 12.5. The lowest BCUT2D eigenvalue weighted by molar-refractivity contribution is -0.151. The number of rotatable bonds is 5. The molecule has 7 heteroatoms. The minimum Gasteiger partial charge on any atom is -0.479 e. The molecule has 0 unspecified atom stereocenters. The van der Waals surface area contributed by atoms with E-state index in [9.17, 15) is 14.7 Å². The Bertz CT molecular complexity index is 519. The Balaban J connectivity index is 2.21. The molecule has 1 heterocycles. The molecule has 0 aliphatic heterocycles. The zero-order chi connectivity index (χ0) is 15.5. The molecule has 1 aliphatic rings. The van der Waals surface area contributed by atoms with Crippen LogP contribution in [0.4, 0.5) is 0 Å². The number of hydrogen-bond acceptors (Lipinski definition) is 5. The van der Waals surface area contributed by atoms with Gasteiger partial charge >= 0.3 is 5.97 Å². The van der Waals surface area contributed by atoms with E-state index in [1.807, 2.05) is 0 Å². The molecule has 0 atom stereocenters. The minimum atomic E-state index is -1.14. The van der Waals surface area contributed by atoms with Gasteiger partial charge in [0, 0.05) is 20.2 Å². The van der Waals surface area contributed by atoms with Crippen molar-refractivity contribution in [3.05, 3.63) is 17.5 Å². The first-order valence-electron chi connectivity index (χ1n) is 6.97. The molecule has 0 saturated heterocycles. The summed E-state index contributed by atoms with van der Waals surface area (Å²) in [6.07, 6.45) is 3.54. The molecular formula is C14H20N2O5. The van der Waals surface area contributed by atoms with Gasteiger partial charge in [0.2, 0.25) is 0 Å². The van der Waals surface area contributed by atoms with Crippen LogP contribution >= 0.6 is 0 Å². The summed E-state index contributed by atoms with van der Waals surface area (Å²) >= 11 is 0. The summed E-state index contributed by atoms with van der Waals surface area (Å²) in [6.45, 7) is 0.216. The lowest BCUT2D eigenvalue weighted by atomic mass is 9.80. The van der Waals surface area contributed by atoms with Crippen LogP contribution in [0.1, 0.15) is 48.4 Å². The molecule has 0 spiro atoms. The number of methoxy groups -OCH3 is 1. The average Bonchev–Trinajstić information content (AvgIpc) is 2.95. The van der Waals surface area contributed by atoms with E-state index in [1.165, 1.54) is 25.1 Å². The molecule has 0 aromatic carbocycles. The van der Waals surface area contributed by atoms with Crippen molar-refractivity contribution in [1.29, 1.82) is 0 Å². The van der Waals surface area contributed by atoms with Gasteiger partial charge < -0.3 is 19.3 Å². The second-order valence-electron chi connectivity index (χ2n) is 5.37. The smallest absolute Gasteiger partial charge is 0.329 e. The number of carbonyl (C=O) groups excluding carboxylic acids is 1. The Hall–Kier alpha value is -1.89. The van der Waals surface area contributed by atoms with Crippen LogP contribution < -0.4 is 0 Å².